The van der Waals surface area contributed by atoms with Crippen LogP contribution >= 0.6 is 0 Å². The largest absolute Gasteiger partial charge is 0.399 e. The van der Waals surface area contributed by atoms with E-state index in [1.807, 2.05) is 24.3 Å². The fourth-order valence-corrected chi connectivity index (χ4v) is 1.35. The Morgan fingerprint density at radius 3 is 3.08 bits per heavy atom. The van der Waals surface area contributed by atoms with Gasteiger partial charge in [0.05, 0.1) is 6.54 Å². The molecule has 0 unspecified atom stereocenters. The van der Waals surface area contributed by atoms with Crippen molar-refractivity contribution in [3.63, 3.8) is 0 Å². The second-order valence-electron chi connectivity index (χ2n) is 2.62. The summed E-state index contributed by atoms with van der Waals surface area (Å²) in [7, 11) is 1.56. The molecule has 1 aliphatic heterocycles. The maximum Gasteiger partial charge on any atom is 0.108 e. The number of nitrogens with zero attached hydrogens (tertiary/aromatic N) is 1. The second-order valence-corrected chi connectivity index (χ2v) is 2.62. The van der Waals surface area contributed by atoms with Crippen molar-refractivity contribution in [2.45, 2.75) is 0 Å². The molecule has 3 nitrogen and oxygen atoms in total. The second kappa shape index (κ2) is 2.85. The molecule has 0 spiro atoms. The number of oxime groups is 1. The predicted molar refractivity (Wildman–Crippen MR) is 48.5 cm³/mol. The summed E-state index contributed by atoms with van der Waals surface area (Å²) in [5.74, 6) is 0. The van der Waals surface area contributed by atoms with Gasteiger partial charge in [-0.05, 0) is 6.07 Å². The van der Waals surface area contributed by atoms with E-state index in [1.54, 1.807) is 7.11 Å². The van der Waals surface area contributed by atoms with E-state index < -0.39 is 0 Å². The number of hydrogen-bond acceptors (Lipinski definition) is 3. The standard InChI is InChI=1S/C9H10N2O/c1-12-11-9-6-10-8-5-3-2-4-7(8)9/h2-5,10H,6H2,1H3/b11-9+. The Kier molecular flexibility index (Phi) is 1.70. The molecular formula is C9H10N2O. The van der Waals surface area contributed by atoms with Crippen LogP contribution in [0.3, 0.4) is 0 Å². The molecular weight excluding hydrogens is 152 g/mol. The van der Waals surface area contributed by atoms with E-state index in [1.165, 1.54) is 0 Å². The minimum atomic E-state index is 0.757. The summed E-state index contributed by atoms with van der Waals surface area (Å²) in [6.45, 7) is 0.757. The minimum Gasteiger partial charge on any atom is -0.399 e. The van der Waals surface area contributed by atoms with Gasteiger partial charge in [0.1, 0.15) is 12.8 Å². The third-order valence-electron chi connectivity index (χ3n) is 1.89. The van der Waals surface area contributed by atoms with Crippen LogP contribution in [-0.4, -0.2) is 19.4 Å². The number of nitrogens with one attached hydrogen (secondary N) is 1. The summed E-state index contributed by atoms with van der Waals surface area (Å²) in [6.07, 6.45) is 0. The van der Waals surface area contributed by atoms with Gasteiger partial charge < -0.3 is 10.2 Å². The third kappa shape index (κ3) is 1.03. The van der Waals surface area contributed by atoms with Crippen LogP contribution in [0, 0.1) is 0 Å². The number of anilines is 1. The highest BCUT2D eigenvalue weighted by atomic mass is 16.6. The van der Waals surface area contributed by atoms with Crippen molar-refractivity contribution in [3.05, 3.63) is 29.8 Å². The van der Waals surface area contributed by atoms with Crippen molar-refractivity contribution < 1.29 is 4.84 Å². The lowest BCUT2D eigenvalue weighted by atomic mass is 10.1. The first-order valence-corrected chi connectivity index (χ1v) is 3.85. The van der Waals surface area contributed by atoms with Gasteiger partial charge in [0.2, 0.25) is 0 Å². The van der Waals surface area contributed by atoms with Crippen LogP contribution in [0.5, 0.6) is 0 Å². The van der Waals surface area contributed by atoms with Crippen molar-refractivity contribution in [1.82, 2.24) is 0 Å². The first kappa shape index (κ1) is 7.16. The SMILES string of the molecule is CO/N=C1\CNc2ccccc21. The van der Waals surface area contributed by atoms with Gasteiger partial charge in [0.25, 0.3) is 0 Å². The van der Waals surface area contributed by atoms with E-state index >= 15 is 0 Å². The average molecular weight is 162 g/mol. The van der Waals surface area contributed by atoms with Crippen LogP contribution in [0.15, 0.2) is 29.4 Å². The number of benzene rings is 1. The molecule has 0 atom stereocenters. The highest BCUT2D eigenvalue weighted by Gasteiger charge is 2.15. The van der Waals surface area contributed by atoms with Gasteiger partial charge in [-0.15, -0.1) is 0 Å². The van der Waals surface area contributed by atoms with Gasteiger partial charge in [0.15, 0.2) is 0 Å². The van der Waals surface area contributed by atoms with Crippen LogP contribution in [0.4, 0.5) is 5.69 Å². The highest BCUT2D eigenvalue weighted by molar-refractivity contribution is 6.11. The summed E-state index contributed by atoms with van der Waals surface area (Å²) in [5.41, 5.74) is 3.24. The molecule has 2 rings (SSSR count). The van der Waals surface area contributed by atoms with E-state index in [9.17, 15) is 0 Å². The summed E-state index contributed by atoms with van der Waals surface area (Å²) in [5, 5.41) is 7.14. The van der Waals surface area contributed by atoms with Gasteiger partial charge in [-0.1, -0.05) is 23.4 Å². The van der Waals surface area contributed by atoms with Gasteiger partial charge in [-0.25, -0.2) is 0 Å². The molecule has 0 aromatic heterocycles. The molecule has 12 heavy (non-hydrogen) atoms. The molecule has 0 fully saturated rings. The maximum atomic E-state index is 4.73. The molecule has 1 aliphatic rings. The zero-order valence-corrected chi connectivity index (χ0v) is 6.87. The molecule has 1 aromatic rings. The van der Waals surface area contributed by atoms with Gasteiger partial charge in [0, 0.05) is 11.3 Å². The van der Waals surface area contributed by atoms with Crippen molar-refractivity contribution in [1.29, 1.82) is 0 Å². The minimum absolute atomic E-state index is 0.757. The summed E-state index contributed by atoms with van der Waals surface area (Å²) < 4.78 is 0. The zero-order valence-electron chi connectivity index (χ0n) is 6.87. The summed E-state index contributed by atoms with van der Waals surface area (Å²) in [6, 6.07) is 8.07. The molecule has 62 valence electrons. The Morgan fingerprint density at radius 2 is 2.25 bits per heavy atom. The van der Waals surface area contributed by atoms with E-state index in [4.69, 9.17) is 4.84 Å². The highest BCUT2D eigenvalue weighted by Crippen LogP contribution is 2.21. The van der Waals surface area contributed by atoms with Crippen molar-refractivity contribution in [3.8, 4) is 0 Å². The molecule has 0 radical (unpaired) electrons. The number of rotatable bonds is 1. The van der Waals surface area contributed by atoms with Gasteiger partial charge >= 0.3 is 0 Å². The Morgan fingerprint density at radius 1 is 1.42 bits per heavy atom. The van der Waals surface area contributed by atoms with Crippen LogP contribution in [0.2, 0.25) is 0 Å². The van der Waals surface area contributed by atoms with Gasteiger partial charge in [-0.2, -0.15) is 0 Å². The first-order chi connectivity index (χ1) is 5.92. The molecule has 3 heteroatoms. The van der Waals surface area contributed by atoms with E-state index in [-0.39, 0.29) is 0 Å². The third-order valence-corrected chi connectivity index (χ3v) is 1.89. The quantitative estimate of drug-likeness (QED) is 0.634. The molecule has 0 amide bonds. The first-order valence-electron chi connectivity index (χ1n) is 3.85. The molecule has 1 aromatic carbocycles. The Balaban J connectivity index is 2.43. The molecule has 1 N–H and O–H groups in total. The normalized spacial score (nSPS) is 17.2. The Hall–Kier alpha value is -1.51. The Bertz CT molecular complexity index is 320. The zero-order chi connectivity index (χ0) is 8.39. The topological polar surface area (TPSA) is 33.6 Å². The van der Waals surface area contributed by atoms with Crippen LogP contribution in [-0.2, 0) is 4.84 Å². The van der Waals surface area contributed by atoms with Crippen LogP contribution < -0.4 is 5.32 Å². The van der Waals surface area contributed by atoms with E-state index in [0.717, 1.165) is 23.5 Å². The smallest absolute Gasteiger partial charge is 0.108 e. The predicted octanol–water partition coefficient (Wildman–Crippen LogP) is 1.46. The van der Waals surface area contributed by atoms with Crippen molar-refractivity contribution in [2.75, 3.05) is 19.0 Å². The molecule has 1 heterocycles. The Labute approximate surface area is 71.0 Å². The van der Waals surface area contributed by atoms with Gasteiger partial charge in [-0.3, -0.25) is 0 Å². The van der Waals surface area contributed by atoms with Crippen LogP contribution in [0.25, 0.3) is 0 Å². The maximum absolute atomic E-state index is 4.73. The fraction of sp³-hybridized carbons (Fsp3) is 0.222. The molecule has 0 aliphatic carbocycles. The molecule has 0 saturated carbocycles. The summed E-state index contributed by atoms with van der Waals surface area (Å²) in [4.78, 5) is 4.73. The van der Waals surface area contributed by atoms with E-state index in [2.05, 4.69) is 10.5 Å². The average Bonchev–Trinajstić information content (AvgIpc) is 2.50. The van der Waals surface area contributed by atoms with Crippen molar-refractivity contribution >= 4 is 11.4 Å². The summed E-state index contributed by atoms with van der Waals surface area (Å²) >= 11 is 0. The lowest BCUT2D eigenvalue weighted by Crippen LogP contribution is -2.03. The van der Waals surface area contributed by atoms with Crippen LogP contribution in [0.1, 0.15) is 5.56 Å². The number of fused-ring (bicyclic) bond motifs is 1. The number of para-hydroxylation sites is 1. The van der Waals surface area contributed by atoms with E-state index in [0.29, 0.717) is 0 Å². The lowest BCUT2D eigenvalue weighted by Gasteiger charge is -1.95. The monoisotopic (exact) mass is 162 g/mol. The number of hydrogen-bond donors (Lipinski definition) is 1. The van der Waals surface area contributed by atoms with Crippen molar-refractivity contribution in [2.24, 2.45) is 5.16 Å². The lowest BCUT2D eigenvalue weighted by molar-refractivity contribution is 0.213. The molecule has 0 saturated heterocycles. The fourth-order valence-electron chi connectivity index (χ4n) is 1.35. The molecule has 0 bridgehead atoms.